The summed E-state index contributed by atoms with van der Waals surface area (Å²) in [6.45, 7) is 6.88. The molecule has 4 nitrogen and oxygen atoms in total. The summed E-state index contributed by atoms with van der Waals surface area (Å²) in [6, 6.07) is 0.461. The molecule has 2 atom stereocenters. The molecule has 1 amide bonds. The van der Waals surface area contributed by atoms with Gasteiger partial charge in [-0.2, -0.15) is 0 Å². The van der Waals surface area contributed by atoms with E-state index in [0.717, 1.165) is 39.0 Å². The first kappa shape index (κ1) is 10.9. The number of hydrogen-bond donors (Lipinski definition) is 2. The van der Waals surface area contributed by atoms with Gasteiger partial charge in [-0.15, -0.1) is 0 Å². The van der Waals surface area contributed by atoms with Crippen molar-refractivity contribution in [3.63, 3.8) is 0 Å². The lowest BCUT2D eigenvalue weighted by Crippen LogP contribution is -2.40. The number of carbonyl (C=O) groups is 1. The molecule has 0 bridgehead atoms. The Bertz CT molecular complexity index is 224. The topological polar surface area (TPSA) is 44.4 Å². The third-order valence-corrected chi connectivity index (χ3v) is 3.26. The Morgan fingerprint density at radius 2 is 2.27 bits per heavy atom. The highest BCUT2D eigenvalue weighted by atomic mass is 16.2. The molecular formula is C11H21N3O. The average Bonchev–Trinajstić information content (AvgIpc) is 2.91. The van der Waals surface area contributed by atoms with Gasteiger partial charge in [-0.25, -0.2) is 0 Å². The quantitative estimate of drug-likeness (QED) is 0.680. The van der Waals surface area contributed by atoms with Crippen LogP contribution in [0.3, 0.4) is 0 Å². The molecule has 1 saturated heterocycles. The monoisotopic (exact) mass is 211 g/mol. The Morgan fingerprint density at radius 1 is 1.47 bits per heavy atom. The van der Waals surface area contributed by atoms with Gasteiger partial charge in [-0.3, -0.25) is 9.69 Å². The molecule has 0 aromatic heterocycles. The molecule has 2 N–H and O–H groups in total. The van der Waals surface area contributed by atoms with E-state index in [9.17, 15) is 4.79 Å². The van der Waals surface area contributed by atoms with Crippen molar-refractivity contribution in [2.24, 2.45) is 5.92 Å². The summed E-state index contributed by atoms with van der Waals surface area (Å²) in [5.74, 6) is 0.894. The van der Waals surface area contributed by atoms with Gasteiger partial charge in [-0.05, 0) is 31.8 Å². The van der Waals surface area contributed by atoms with E-state index in [0.29, 0.717) is 18.5 Å². The fourth-order valence-electron chi connectivity index (χ4n) is 2.04. The summed E-state index contributed by atoms with van der Waals surface area (Å²) in [6.07, 6.45) is 2.31. The molecule has 4 heteroatoms. The lowest BCUT2D eigenvalue weighted by atomic mass is 10.3. The number of rotatable bonds is 3. The van der Waals surface area contributed by atoms with Crippen molar-refractivity contribution in [2.45, 2.75) is 25.8 Å². The minimum absolute atomic E-state index is 0.200. The van der Waals surface area contributed by atoms with Crippen LogP contribution in [0.25, 0.3) is 0 Å². The standard InChI is InChI=1S/C11H21N3O/c1-9-7-10(9)13-11(15)8-14-5-2-3-12-4-6-14/h9-10,12H,2-8H2,1H3,(H,13,15). The molecule has 0 aromatic carbocycles. The largest absolute Gasteiger partial charge is 0.352 e. The fraction of sp³-hybridized carbons (Fsp3) is 0.909. The Morgan fingerprint density at radius 3 is 3.00 bits per heavy atom. The van der Waals surface area contributed by atoms with Crippen molar-refractivity contribution in [2.75, 3.05) is 32.7 Å². The zero-order valence-electron chi connectivity index (χ0n) is 9.46. The first-order valence-electron chi connectivity index (χ1n) is 5.98. The maximum absolute atomic E-state index is 11.6. The predicted molar refractivity (Wildman–Crippen MR) is 59.6 cm³/mol. The first-order valence-corrected chi connectivity index (χ1v) is 5.98. The van der Waals surface area contributed by atoms with E-state index in [-0.39, 0.29) is 5.91 Å². The highest BCUT2D eigenvalue weighted by molar-refractivity contribution is 5.78. The van der Waals surface area contributed by atoms with E-state index in [1.54, 1.807) is 0 Å². The van der Waals surface area contributed by atoms with Gasteiger partial charge in [0.05, 0.1) is 6.54 Å². The van der Waals surface area contributed by atoms with Crippen molar-refractivity contribution in [3.8, 4) is 0 Å². The molecule has 1 aliphatic carbocycles. The molecule has 0 radical (unpaired) electrons. The maximum atomic E-state index is 11.6. The number of nitrogens with one attached hydrogen (secondary N) is 2. The van der Waals surface area contributed by atoms with Crippen LogP contribution in [0, 0.1) is 5.92 Å². The Balaban J connectivity index is 1.67. The summed E-state index contributed by atoms with van der Waals surface area (Å²) in [5.41, 5.74) is 0. The Labute approximate surface area is 91.4 Å². The lowest BCUT2D eigenvalue weighted by Gasteiger charge is -2.18. The van der Waals surface area contributed by atoms with E-state index >= 15 is 0 Å². The van der Waals surface area contributed by atoms with Crippen molar-refractivity contribution in [1.82, 2.24) is 15.5 Å². The number of carbonyl (C=O) groups excluding carboxylic acids is 1. The zero-order valence-corrected chi connectivity index (χ0v) is 9.46. The van der Waals surface area contributed by atoms with Crippen LogP contribution in [-0.4, -0.2) is 49.6 Å². The fourth-order valence-corrected chi connectivity index (χ4v) is 2.04. The van der Waals surface area contributed by atoms with Gasteiger partial charge in [0, 0.05) is 19.1 Å². The van der Waals surface area contributed by atoms with Gasteiger partial charge in [0.15, 0.2) is 0 Å². The van der Waals surface area contributed by atoms with Gasteiger partial charge >= 0.3 is 0 Å². The minimum atomic E-state index is 0.200. The van der Waals surface area contributed by atoms with Crippen LogP contribution in [0.4, 0.5) is 0 Å². The molecule has 0 aromatic rings. The lowest BCUT2D eigenvalue weighted by molar-refractivity contribution is -0.122. The van der Waals surface area contributed by atoms with Crippen molar-refractivity contribution >= 4 is 5.91 Å². The van der Waals surface area contributed by atoms with Gasteiger partial charge in [-0.1, -0.05) is 6.92 Å². The van der Waals surface area contributed by atoms with Gasteiger partial charge < -0.3 is 10.6 Å². The van der Waals surface area contributed by atoms with E-state index in [4.69, 9.17) is 0 Å². The van der Waals surface area contributed by atoms with Crippen LogP contribution in [0.5, 0.6) is 0 Å². The molecule has 15 heavy (non-hydrogen) atoms. The van der Waals surface area contributed by atoms with Crippen molar-refractivity contribution in [1.29, 1.82) is 0 Å². The second-order valence-electron chi connectivity index (χ2n) is 4.77. The smallest absolute Gasteiger partial charge is 0.234 e. The highest BCUT2D eigenvalue weighted by Crippen LogP contribution is 2.28. The summed E-state index contributed by atoms with van der Waals surface area (Å²) in [5, 5.41) is 6.41. The molecule has 1 saturated carbocycles. The van der Waals surface area contributed by atoms with Crippen LogP contribution in [0.1, 0.15) is 19.8 Å². The van der Waals surface area contributed by atoms with Gasteiger partial charge in [0.1, 0.15) is 0 Å². The number of amides is 1. The normalized spacial score (nSPS) is 32.1. The first-order chi connectivity index (χ1) is 7.25. The SMILES string of the molecule is CC1CC1NC(=O)CN1CCCNCC1. The van der Waals surface area contributed by atoms with Crippen LogP contribution < -0.4 is 10.6 Å². The summed E-state index contributed by atoms with van der Waals surface area (Å²) in [4.78, 5) is 13.9. The van der Waals surface area contributed by atoms with Crippen LogP contribution in [-0.2, 0) is 4.79 Å². The molecule has 2 aliphatic rings. The minimum Gasteiger partial charge on any atom is -0.352 e. The van der Waals surface area contributed by atoms with Crippen LogP contribution in [0.15, 0.2) is 0 Å². The number of nitrogens with zero attached hydrogens (tertiary/aromatic N) is 1. The van der Waals surface area contributed by atoms with E-state index < -0.39 is 0 Å². The molecule has 86 valence electrons. The predicted octanol–water partition coefficient (Wildman–Crippen LogP) is -0.194. The third-order valence-electron chi connectivity index (χ3n) is 3.26. The van der Waals surface area contributed by atoms with Crippen molar-refractivity contribution < 1.29 is 4.79 Å². The molecule has 1 heterocycles. The maximum Gasteiger partial charge on any atom is 0.234 e. The molecule has 0 spiro atoms. The average molecular weight is 211 g/mol. The second-order valence-corrected chi connectivity index (χ2v) is 4.77. The van der Waals surface area contributed by atoms with Crippen LogP contribution >= 0.6 is 0 Å². The van der Waals surface area contributed by atoms with Gasteiger partial charge in [0.25, 0.3) is 0 Å². The molecule has 2 rings (SSSR count). The summed E-state index contributed by atoms with van der Waals surface area (Å²) < 4.78 is 0. The summed E-state index contributed by atoms with van der Waals surface area (Å²) in [7, 11) is 0. The highest BCUT2D eigenvalue weighted by Gasteiger charge is 2.33. The zero-order chi connectivity index (χ0) is 10.7. The second kappa shape index (κ2) is 4.94. The van der Waals surface area contributed by atoms with E-state index in [1.165, 1.54) is 0 Å². The third kappa shape index (κ3) is 3.47. The Kier molecular flexibility index (Phi) is 3.59. The summed E-state index contributed by atoms with van der Waals surface area (Å²) >= 11 is 0. The van der Waals surface area contributed by atoms with E-state index in [2.05, 4.69) is 22.5 Å². The van der Waals surface area contributed by atoms with Crippen LogP contribution in [0.2, 0.25) is 0 Å². The number of hydrogen-bond acceptors (Lipinski definition) is 3. The molecule has 2 unspecified atom stereocenters. The molecule has 2 fully saturated rings. The van der Waals surface area contributed by atoms with Gasteiger partial charge in [0.2, 0.25) is 5.91 Å². The molecule has 1 aliphatic heterocycles. The Hall–Kier alpha value is -0.610. The van der Waals surface area contributed by atoms with E-state index in [1.807, 2.05) is 0 Å². The van der Waals surface area contributed by atoms with Crippen molar-refractivity contribution in [3.05, 3.63) is 0 Å². The molecular weight excluding hydrogens is 190 g/mol.